The van der Waals surface area contributed by atoms with Crippen LogP contribution in [0.25, 0.3) is 0 Å². The number of aliphatic hydroxyl groups is 1. The molecule has 1 N–H and O–H groups in total. The first kappa shape index (κ1) is 17.4. The van der Waals surface area contributed by atoms with E-state index in [4.69, 9.17) is 0 Å². The summed E-state index contributed by atoms with van der Waals surface area (Å²) >= 11 is 0. The Morgan fingerprint density at radius 1 is 1.09 bits per heavy atom. The standard InChI is InChI=1S/C16H17F2NO3S/c1-11-8-15(9-12(2)16(11)18)23(21,22)19(6-7-20)14-5-3-4-13(17)10-14/h3-5,8-10,20H,6-7H2,1-2H3. The Labute approximate surface area is 134 Å². The SMILES string of the molecule is Cc1cc(S(=O)(=O)N(CCO)c2cccc(F)c2)cc(C)c1F. The zero-order valence-electron chi connectivity index (χ0n) is 12.8. The summed E-state index contributed by atoms with van der Waals surface area (Å²) in [6, 6.07) is 7.52. The molecule has 0 saturated carbocycles. The first-order chi connectivity index (χ1) is 10.8. The largest absolute Gasteiger partial charge is 0.394 e. The summed E-state index contributed by atoms with van der Waals surface area (Å²) in [4.78, 5) is -0.105. The fourth-order valence-corrected chi connectivity index (χ4v) is 3.91. The third-order valence-corrected chi connectivity index (χ3v) is 5.20. The van der Waals surface area contributed by atoms with Crippen molar-refractivity contribution >= 4 is 15.7 Å². The van der Waals surface area contributed by atoms with E-state index < -0.39 is 28.3 Å². The molecule has 0 fully saturated rings. The Kier molecular flexibility index (Phi) is 5.01. The van der Waals surface area contributed by atoms with Crippen molar-refractivity contribution in [2.45, 2.75) is 18.7 Å². The molecule has 0 radical (unpaired) electrons. The molecule has 2 rings (SSSR count). The van der Waals surface area contributed by atoms with Gasteiger partial charge < -0.3 is 5.11 Å². The van der Waals surface area contributed by atoms with E-state index in [2.05, 4.69) is 0 Å². The molecule has 2 aromatic rings. The molecule has 0 amide bonds. The van der Waals surface area contributed by atoms with Crippen molar-refractivity contribution in [3.63, 3.8) is 0 Å². The van der Waals surface area contributed by atoms with E-state index in [0.29, 0.717) is 0 Å². The summed E-state index contributed by atoms with van der Waals surface area (Å²) in [6.07, 6.45) is 0. The van der Waals surface area contributed by atoms with Crippen molar-refractivity contribution in [2.75, 3.05) is 17.5 Å². The van der Waals surface area contributed by atoms with E-state index in [1.807, 2.05) is 0 Å². The predicted molar refractivity (Wildman–Crippen MR) is 83.9 cm³/mol. The van der Waals surface area contributed by atoms with Crippen molar-refractivity contribution in [2.24, 2.45) is 0 Å². The van der Waals surface area contributed by atoms with Crippen LogP contribution >= 0.6 is 0 Å². The minimum Gasteiger partial charge on any atom is -0.394 e. The lowest BCUT2D eigenvalue weighted by Gasteiger charge is -2.24. The number of aliphatic hydroxyl groups excluding tert-OH is 1. The molecule has 7 heteroatoms. The van der Waals surface area contributed by atoms with Gasteiger partial charge in [0, 0.05) is 0 Å². The Balaban J connectivity index is 2.58. The Bertz CT molecular complexity index is 799. The van der Waals surface area contributed by atoms with Crippen LogP contribution in [-0.4, -0.2) is 26.7 Å². The number of anilines is 1. The highest BCUT2D eigenvalue weighted by Crippen LogP contribution is 2.26. The molecule has 4 nitrogen and oxygen atoms in total. The topological polar surface area (TPSA) is 57.6 Å². The average Bonchev–Trinajstić information content (AvgIpc) is 2.49. The van der Waals surface area contributed by atoms with Gasteiger partial charge in [-0.05, 0) is 55.3 Å². The smallest absolute Gasteiger partial charge is 0.264 e. The molecule has 0 bridgehead atoms. The lowest BCUT2D eigenvalue weighted by atomic mass is 10.1. The van der Waals surface area contributed by atoms with Gasteiger partial charge in [0.05, 0.1) is 23.7 Å². The normalized spacial score (nSPS) is 11.5. The molecule has 23 heavy (non-hydrogen) atoms. The van der Waals surface area contributed by atoms with Gasteiger partial charge in [-0.1, -0.05) is 6.07 Å². The molecule has 0 aliphatic carbocycles. The molecule has 0 saturated heterocycles. The van der Waals surface area contributed by atoms with E-state index in [1.165, 1.54) is 44.2 Å². The number of rotatable bonds is 5. The highest BCUT2D eigenvalue weighted by Gasteiger charge is 2.26. The maximum absolute atomic E-state index is 13.7. The zero-order valence-corrected chi connectivity index (χ0v) is 13.6. The summed E-state index contributed by atoms with van der Waals surface area (Å²) in [6.45, 7) is 2.27. The van der Waals surface area contributed by atoms with E-state index in [0.717, 1.165) is 10.4 Å². The molecule has 0 aromatic heterocycles. The number of nitrogens with zero attached hydrogens (tertiary/aromatic N) is 1. The third kappa shape index (κ3) is 3.51. The summed E-state index contributed by atoms with van der Waals surface area (Å²) in [5.41, 5.74) is 0.497. The molecule has 2 aromatic carbocycles. The Hall–Kier alpha value is -1.99. The lowest BCUT2D eigenvalue weighted by molar-refractivity contribution is 0.306. The average molecular weight is 341 g/mol. The van der Waals surface area contributed by atoms with Crippen LogP contribution in [0.15, 0.2) is 41.3 Å². The molecular formula is C16H17F2NO3S. The van der Waals surface area contributed by atoms with E-state index in [-0.39, 0.29) is 28.3 Å². The van der Waals surface area contributed by atoms with E-state index in [1.54, 1.807) is 0 Å². The van der Waals surface area contributed by atoms with Gasteiger partial charge in [-0.15, -0.1) is 0 Å². The maximum atomic E-state index is 13.7. The van der Waals surface area contributed by atoms with Crippen LogP contribution in [0, 0.1) is 25.5 Å². The number of sulfonamides is 1. The first-order valence-corrected chi connectivity index (χ1v) is 8.37. The van der Waals surface area contributed by atoms with Crippen LogP contribution in [0.1, 0.15) is 11.1 Å². The van der Waals surface area contributed by atoms with Gasteiger partial charge in [-0.25, -0.2) is 17.2 Å². The van der Waals surface area contributed by atoms with Gasteiger partial charge in [-0.3, -0.25) is 4.31 Å². The molecular weight excluding hydrogens is 324 g/mol. The number of halogens is 2. The monoisotopic (exact) mass is 341 g/mol. The number of aryl methyl sites for hydroxylation is 2. The minimum atomic E-state index is -4.05. The highest BCUT2D eigenvalue weighted by molar-refractivity contribution is 7.92. The number of hydrogen-bond donors (Lipinski definition) is 1. The fourth-order valence-electron chi connectivity index (χ4n) is 2.29. The van der Waals surface area contributed by atoms with E-state index in [9.17, 15) is 22.3 Å². The van der Waals surface area contributed by atoms with Crippen molar-refractivity contribution in [1.82, 2.24) is 0 Å². The quantitative estimate of drug-likeness (QED) is 0.910. The van der Waals surface area contributed by atoms with Crippen LogP contribution in [0.5, 0.6) is 0 Å². The second kappa shape index (κ2) is 6.64. The van der Waals surface area contributed by atoms with Crippen molar-refractivity contribution in [3.05, 3.63) is 59.2 Å². The molecule has 0 spiro atoms. The fraction of sp³-hybridized carbons (Fsp3) is 0.250. The molecule has 0 aliphatic rings. The molecule has 0 heterocycles. The van der Waals surface area contributed by atoms with Crippen LogP contribution in [0.4, 0.5) is 14.5 Å². The summed E-state index contributed by atoms with van der Waals surface area (Å²) in [5, 5.41) is 9.17. The van der Waals surface area contributed by atoms with Gasteiger partial charge in [0.2, 0.25) is 0 Å². The van der Waals surface area contributed by atoms with Gasteiger partial charge in [0.15, 0.2) is 0 Å². The van der Waals surface area contributed by atoms with Crippen LogP contribution in [-0.2, 0) is 10.0 Å². The maximum Gasteiger partial charge on any atom is 0.264 e. The Morgan fingerprint density at radius 3 is 2.22 bits per heavy atom. The second-order valence-electron chi connectivity index (χ2n) is 5.15. The molecule has 0 aliphatic heterocycles. The predicted octanol–water partition coefficient (Wildman–Crippen LogP) is 2.77. The minimum absolute atomic E-state index is 0.0960. The third-order valence-electron chi connectivity index (χ3n) is 3.40. The number of benzene rings is 2. The molecule has 124 valence electrons. The molecule has 0 atom stereocenters. The van der Waals surface area contributed by atoms with Gasteiger partial charge >= 0.3 is 0 Å². The van der Waals surface area contributed by atoms with Crippen LogP contribution < -0.4 is 4.31 Å². The number of hydrogen-bond acceptors (Lipinski definition) is 3. The highest BCUT2D eigenvalue weighted by atomic mass is 32.2. The van der Waals surface area contributed by atoms with Crippen LogP contribution in [0.2, 0.25) is 0 Å². The van der Waals surface area contributed by atoms with Crippen LogP contribution in [0.3, 0.4) is 0 Å². The second-order valence-corrected chi connectivity index (χ2v) is 7.01. The van der Waals surface area contributed by atoms with Crippen molar-refractivity contribution in [1.29, 1.82) is 0 Å². The van der Waals surface area contributed by atoms with Crippen molar-refractivity contribution < 1.29 is 22.3 Å². The summed E-state index contributed by atoms with van der Waals surface area (Å²) in [7, 11) is -4.05. The first-order valence-electron chi connectivity index (χ1n) is 6.93. The van der Waals surface area contributed by atoms with Gasteiger partial charge in [0.1, 0.15) is 11.6 Å². The van der Waals surface area contributed by atoms with Crippen molar-refractivity contribution in [3.8, 4) is 0 Å². The summed E-state index contributed by atoms with van der Waals surface area (Å²) < 4.78 is 53.7. The Morgan fingerprint density at radius 2 is 1.70 bits per heavy atom. The zero-order chi connectivity index (χ0) is 17.2. The van der Waals surface area contributed by atoms with Gasteiger partial charge in [0.25, 0.3) is 10.0 Å². The van der Waals surface area contributed by atoms with Gasteiger partial charge in [-0.2, -0.15) is 0 Å². The molecule has 0 unspecified atom stereocenters. The van der Waals surface area contributed by atoms with E-state index >= 15 is 0 Å². The lowest BCUT2D eigenvalue weighted by Crippen LogP contribution is -2.33. The summed E-state index contributed by atoms with van der Waals surface area (Å²) in [5.74, 6) is -1.06.